The van der Waals surface area contributed by atoms with Gasteiger partial charge in [0, 0.05) is 22.0 Å². The maximum Gasteiger partial charge on any atom is 0.124 e. The molecule has 2 nitrogen and oxygen atoms in total. The third kappa shape index (κ3) is 3.38. The highest BCUT2D eigenvalue weighted by Gasteiger charge is 2.23. The van der Waals surface area contributed by atoms with Crippen molar-refractivity contribution in [2.45, 2.75) is 12.0 Å². The number of aliphatic hydroxyl groups excluding tert-OH is 1. The van der Waals surface area contributed by atoms with Crippen LogP contribution in [-0.4, -0.2) is 11.7 Å². The van der Waals surface area contributed by atoms with Crippen molar-refractivity contribution in [3.8, 4) is 0 Å². The van der Waals surface area contributed by atoms with Crippen molar-refractivity contribution in [3.05, 3.63) is 68.9 Å². The molecule has 0 saturated carbocycles. The lowest BCUT2D eigenvalue weighted by atomic mass is 9.89. The Bertz CT molecular complexity index is 608. The Hall–Kier alpha value is -0.940. The van der Waals surface area contributed by atoms with Gasteiger partial charge in [-0.25, -0.2) is 4.39 Å². The van der Waals surface area contributed by atoms with Crippen LogP contribution < -0.4 is 5.73 Å². The molecule has 0 aliphatic carbocycles. The van der Waals surface area contributed by atoms with E-state index in [1.807, 2.05) is 12.1 Å². The normalized spacial score (nSPS) is 14.1. The molecular formula is C15H14BrClFNO. The highest BCUT2D eigenvalue weighted by atomic mass is 79.9. The summed E-state index contributed by atoms with van der Waals surface area (Å²) in [5.74, 6) is -0.671. The fraction of sp³-hybridized carbons (Fsp3) is 0.200. The summed E-state index contributed by atoms with van der Waals surface area (Å²) in [6.45, 7) is 0.255. The molecule has 0 radical (unpaired) electrons. The van der Waals surface area contributed by atoms with Gasteiger partial charge in [-0.1, -0.05) is 45.7 Å². The molecule has 20 heavy (non-hydrogen) atoms. The molecule has 2 aromatic carbocycles. The fourth-order valence-corrected chi connectivity index (χ4v) is 2.93. The van der Waals surface area contributed by atoms with Crippen LogP contribution in [0.15, 0.2) is 46.9 Å². The number of rotatable bonds is 4. The molecule has 0 saturated heterocycles. The first-order valence-corrected chi connectivity index (χ1v) is 7.28. The molecule has 0 spiro atoms. The highest BCUT2D eigenvalue weighted by Crippen LogP contribution is 2.35. The molecule has 106 valence electrons. The number of benzene rings is 2. The van der Waals surface area contributed by atoms with Crippen molar-refractivity contribution in [1.82, 2.24) is 0 Å². The maximum absolute atomic E-state index is 13.1. The fourth-order valence-electron chi connectivity index (χ4n) is 2.14. The first-order chi connectivity index (χ1) is 9.52. The highest BCUT2D eigenvalue weighted by molar-refractivity contribution is 9.10. The Morgan fingerprint density at radius 2 is 2.00 bits per heavy atom. The number of nitrogens with two attached hydrogens (primary N) is 1. The van der Waals surface area contributed by atoms with Gasteiger partial charge >= 0.3 is 0 Å². The van der Waals surface area contributed by atoms with Crippen LogP contribution >= 0.6 is 27.5 Å². The summed E-state index contributed by atoms with van der Waals surface area (Å²) < 4.78 is 13.6. The van der Waals surface area contributed by atoms with E-state index in [2.05, 4.69) is 15.9 Å². The van der Waals surface area contributed by atoms with E-state index in [9.17, 15) is 9.50 Å². The van der Waals surface area contributed by atoms with Gasteiger partial charge in [-0.05, 0) is 35.4 Å². The molecule has 2 atom stereocenters. The quantitative estimate of drug-likeness (QED) is 0.867. The van der Waals surface area contributed by atoms with Gasteiger partial charge in [0.1, 0.15) is 5.82 Å². The van der Waals surface area contributed by atoms with Gasteiger partial charge in [0.15, 0.2) is 0 Å². The van der Waals surface area contributed by atoms with Gasteiger partial charge in [0.25, 0.3) is 0 Å². The lowest BCUT2D eigenvalue weighted by molar-refractivity contribution is 0.146. The van der Waals surface area contributed by atoms with E-state index < -0.39 is 6.10 Å². The SMILES string of the molecule is NCC(c1cccc(Cl)c1)C(O)c1ccc(F)cc1Br. The van der Waals surface area contributed by atoms with Crippen molar-refractivity contribution in [3.63, 3.8) is 0 Å². The monoisotopic (exact) mass is 357 g/mol. The Kier molecular flexibility index (Phi) is 5.16. The maximum atomic E-state index is 13.1. The van der Waals surface area contributed by atoms with Crippen LogP contribution in [0.4, 0.5) is 4.39 Å². The van der Waals surface area contributed by atoms with Crippen LogP contribution in [0.1, 0.15) is 23.1 Å². The van der Waals surface area contributed by atoms with Crippen LogP contribution in [0.25, 0.3) is 0 Å². The second-order valence-corrected chi connectivity index (χ2v) is 5.80. The summed E-state index contributed by atoms with van der Waals surface area (Å²) in [6.07, 6.45) is -0.839. The third-order valence-electron chi connectivity index (χ3n) is 3.19. The summed E-state index contributed by atoms with van der Waals surface area (Å²) in [4.78, 5) is 0. The predicted molar refractivity (Wildman–Crippen MR) is 82.3 cm³/mol. The summed E-state index contributed by atoms with van der Waals surface area (Å²) in [5, 5.41) is 11.1. The van der Waals surface area contributed by atoms with Gasteiger partial charge in [-0.15, -0.1) is 0 Å². The smallest absolute Gasteiger partial charge is 0.124 e. The van der Waals surface area contributed by atoms with Gasteiger partial charge in [0.2, 0.25) is 0 Å². The second-order valence-electron chi connectivity index (χ2n) is 4.51. The van der Waals surface area contributed by atoms with E-state index in [4.69, 9.17) is 17.3 Å². The van der Waals surface area contributed by atoms with E-state index >= 15 is 0 Å². The zero-order valence-electron chi connectivity index (χ0n) is 10.6. The van der Waals surface area contributed by atoms with E-state index in [-0.39, 0.29) is 18.3 Å². The average molecular weight is 359 g/mol. The zero-order chi connectivity index (χ0) is 14.7. The van der Waals surface area contributed by atoms with Crippen molar-refractivity contribution in [1.29, 1.82) is 0 Å². The van der Waals surface area contributed by atoms with Gasteiger partial charge < -0.3 is 10.8 Å². The Morgan fingerprint density at radius 3 is 2.60 bits per heavy atom. The predicted octanol–water partition coefficient (Wildman–Crippen LogP) is 4.02. The van der Waals surface area contributed by atoms with Gasteiger partial charge in [-0.3, -0.25) is 0 Å². The number of aliphatic hydroxyl groups is 1. The lowest BCUT2D eigenvalue weighted by Crippen LogP contribution is -2.20. The number of hydrogen-bond donors (Lipinski definition) is 2. The van der Waals surface area contributed by atoms with E-state index in [0.717, 1.165) is 5.56 Å². The van der Waals surface area contributed by atoms with Gasteiger partial charge in [0.05, 0.1) is 6.10 Å². The molecular weight excluding hydrogens is 345 g/mol. The Labute approximate surface area is 130 Å². The second kappa shape index (κ2) is 6.68. The Morgan fingerprint density at radius 1 is 1.25 bits per heavy atom. The first-order valence-electron chi connectivity index (χ1n) is 6.11. The molecule has 2 unspecified atom stereocenters. The third-order valence-corrected chi connectivity index (χ3v) is 4.11. The minimum atomic E-state index is -0.839. The molecule has 0 bridgehead atoms. The van der Waals surface area contributed by atoms with Crippen molar-refractivity contribution < 1.29 is 9.50 Å². The summed E-state index contributed by atoms with van der Waals surface area (Å²) in [6, 6.07) is 11.4. The van der Waals surface area contributed by atoms with Crippen LogP contribution in [0.3, 0.4) is 0 Å². The average Bonchev–Trinajstić information content (AvgIpc) is 2.39. The molecule has 0 aromatic heterocycles. The molecule has 2 rings (SSSR count). The summed E-state index contributed by atoms with van der Waals surface area (Å²) in [5.41, 5.74) is 7.23. The topological polar surface area (TPSA) is 46.2 Å². The first kappa shape index (κ1) is 15.4. The number of halogens is 3. The van der Waals surface area contributed by atoms with Crippen LogP contribution in [0.2, 0.25) is 5.02 Å². The van der Waals surface area contributed by atoms with E-state index in [1.165, 1.54) is 12.1 Å². The van der Waals surface area contributed by atoms with Crippen LogP contribution in [0.5, 0.6) is 0 Å². The van der Waals surface area contributed by atoms with Crippen LogP contribution in [-0.2, 0) is 0 Å². The standard InChI is InChI=1S/C15H14BrClFNO/c16-14-7-11(18)4-5-12(14)15(20)13(8-19)9-2-1-3-10(17)6-9/h1-7,13,15,20H,8,19H2. The van der Waals surface area contributed by atoms with Crippen molar-refractivity contribution >= 4 is 27.5 Å². The van der Waals surface area contributed by atoms with E-state index in [0.29, 0.717) is 15.1 Å². The van der Waals surface area contributed by atoms with Crippen molar-refractivity contribution in [2.24, 2.45) is 5.73 Å². The van der Waals surface area contributed by atoms with Crippen molar-refractivity contribution in [2.75, 3.05) is 6.54 Å². The van der Waals surface area contributed by atoms with E-state index in [1.54, 1.807) is 18.2 Å². The molecule has 3 N–H and O–H groups in total. The molecule has 0 aliphatic heterocycles. The number of hydrogen-bond acceptors (Lipinski definition) is 2. The lowest BCUT2D eigenvalue weighted by Gasteiger charge is -2.23. The molecule has 0 heterocycles. The summed E-state index contributed by atoms with van der Waals surface area (Å²) >= 11 is 9.23. The molecule has 0 aliphatic rings. The minimum Gasteiger partial charge on any atom is -0.388 e. The van der Waals surface area contributed by atoms with Gasteiger partial charge in [-0.2, -0.15) is 0 Å². The van der Waals surface area contributed by atoms with Crippen LogP contribution in [0, 0.1) is 5.82 Å². The molecule has 0 amide bonds. The largest absolute Gasteiger partial charge is 0.388 e. The molecule has 2 aromatic rings. The minimum absolute atomic E-state index is 0.255. The molecule has 5 heteroatoms. The zero-order valence-corrected chi connectivity index (χ0v) is 12.9. The molecule has 0 fully saturated rings. The Balaban J connectivity index is 2.36. The summed E-state index contributed by atoms with van der Waals surface area (Å²) in [7, 11) is 0.